The Morgan fingerprint density at radius 2 is 2.05 bits per heavy atom. The van der Waals surface area contributed by atoms with E-state index in [1.807, 2.05) is 11.8 Å². The van der Waals surface area contributed by atoms with Gasteiger partial charge in [0.1, 0.15) is 0 Å². The van der Waals surface area contributed by atoms with Gasteiger partial charge in [-0.05, 0) is 51.0 Å². The van der Waals surface area contributed by atoms with E-state index in [1.165, 1.54) is 38.5 Å². The molecule has 4 nitrogen and oxygen atoms in total. The maximum atomic E-state index is 12.0. The van der Waals surface area contributed by atoms with Crippen molar-refractivity contribution in [3.05, 3.63) is 0 Å². The van der Waals surface area contributed by atoms with Gasteiger partial charge in [0.25, 0.3) is 0 Å². The highest BCUT2D eigenvalue weighted by Gasteiger charge is 2.31. The lowest BCUT2D eigenvalue weighted by molar-refractivity contribution is 0.0768. The minimum Gasteiger partial charge on any atom is -0.450 e. The van der Waals surface area contributed by atoms with Gasteiger partial charge in [-0.15, -0.1) is 0 Å². The van der Waals surface area contributed by atoms with Crippen molar-refractivity contribution in [2.24, 2.45) is 11.8 Å². The van der Waals surface area contributed by atoms with Crippen LogP contribution in [0.3, 0.4) is 0 Å². The van der Waals surface area contributed by atoms with Crippen molar-refractivity contribution in [3.8, 4) is 0 Å². The predicted octanol–water partition coefficient (Wildman–Crippen LogP) is 3.02. The minimum atomic E-state index is -0.132. The van der Waals surface area contributed by atoms with Crippen molar-refractivity contribution in [1.29, 1.82) is 0 Å². The van der Waals surface area contributed by atoms with E-state index in [1.54, 1.807) is 0 Å². The Morgan fingerprint density at radius 1 is 1.25 bits per heavy atom. The summed E-state index contributed by atoms with van der Waals surface area (Å²) < 4.78 is 5.18. The standard InChI is InChI=1S/C16H30N2O2/c1-3-5-6-14-9-15(17-10-13-7-8-13)12-18(11-14)16(19)20-4-2/h13-15,17H,3-12H2,1-2H3. The van der Waals surface area contributed by atoms with Crippen molar-refractivity contribution in [2.75, 3.05) is 26.2 Å². The van der Waals surface area contributed by atoms with Gasteiger partial charge in [-0.25, -0.2) is 4.79 Å². The maximum Gasteiger partial charge on any atom is 0.409 e. The van der Waals surface area contributed by atoms with E-state index >= 15 is 0 Å². The molecule has 0 aromatic carbocycles. The number of amides is 1. The lowest BCUT2D eigenvalue weighted by Crippen LogP contribution is -2.51. The number of likely N-dealkylation sites (tertiary alicyclic amines) is 1. The number of hydrogen-bond acceptors (Lipinski definition) is 3. The first-order valence-electron chi connectivity index (χ1n) is 8.38. The minimum absolute atomic E-state index is 0.132. The number of unbranched alkanes of at least 4 members (excludes halogenated alkanes) is 1. The molecule has 116 valence electrons. The Morgan fingerprint density at radius 3 is 2.70 bits per heavy atom. The van der Waals surface area contributed by atoms with Gasteiger partial charge >= 0.3 is 6.09 Å². The molecule has 1 amide bonds. The van der Waals surface area contributed by atoms with Gasteiger partial charge in [-0.3, -0.25) is 0 Å². The third kappa shape index (κ3) is 4.97. The maximum absolute atomic E-state index is 12.0. The van der Waals surface area contributed by atoms with Crippen molar-refractivity contribution in [2.45, 2.75) is 58.4 Å². The second-order valence-corrected chi connectivity index (χ2v) is 6.40. The van der Waals surface area contributed by atoms with E-state index < -0.39 is 0 Å². The Balaban J connectivity index is 1.84. The summed E-state index contributed by atoms with van der Waals surface area (Å²) in [7, 11) is 0. The largest absolute Gasteiger partial charge is 0.450 e. The number of rotatable bonds is 7. The van der Waals surface area contributed by atoms with Gasteiger partial charge in [-0.1, -0.05) is 19.8 Å². The fourth-order valence-corrected chi connectivity index (χ4v) is 3.07. The van der Waals surface area contributed by atoms with Gasteiger partial charge in [0.05, 0.1) is 6.61 Å². The molecular formula is C16H30N2O2. The molecule has 2 unspecified atom stereocenters. The van der Waals surface area contributed by atoms with Gasteiger partial charge < -0.3 is 15.0 Å². The van der Waals surface area contributed by atoms with Crippen molar-refractivity contribution in [3.63, 3.8) is 0 Å². The fourth-order valence-electron chi connectivity index (χ4n) is 3.07. The molecule has 1 aliphatic carbocycles. The molecule has 1 saturated heterocycles. The number of carbonyl (C=O) groups excluding carboxylic acids is 1. The van der Waals surface area contributed by atoms with E-state index in [-0.39, 0.29) is 6.09 Å². The molecule has 1 N–H and O–H groups in total. The van der Waals surface area contributed by atoms with Crippen LogP contribution in [0.5, 0.6) is 0 Å². The molecule has 2 fully saturated rings. The van der Waals surface area contributed by atoms with E-state index in [9.17, 15) is 4.79 Å². The first kappa shape index (κ1) is 15.6. The van der Waals surface area contributed by atoms with Gasteiger partial charge in [0.15, 0.2) is 0 Å². The zero-order chi connectivity index (χ0) is 14.4. The van der Waals surface area contributed by atoms with E-state index in [2.05, 4.69) is 12.2 Å². The molecule has 2 aliphatic rings. The van der Waals surface area contributed by atoms with Gasteiger partial charge in [0.2, 0.25) is 0 Å². The van der Waals surface area contributed by atoms with Gasteiger partial charge in [0, 0.05) is 19.1 Å². The number of carbonyl (C=O) groups is 1. The quantitative estimate of drug-likeness (QED) is 0.780. The summed E-state index contributed by atoms with van der Waals surface area (Å²) in [6, 6.07) is 0.454. The van der Waals surface area contributed by atoms with Crippen molar-refractivity contribution >= 4 is 6.09 Å². The van der Waals surface area contributed by atoms with Gasteiger partial charge in [-0.2, -0.15) is 0 Å². The summed E-state index contributed by atoms with van der Waals surface area (Å²) >= 11 is 0. The Labute approximate surface area is 123 Å². The van der Waals surface area contributed by atoms with Crippen LogP contribution in [-0.4, -0.2) is 43.3 Å². The number of ether oxygens (including phenoxy) is 1. The highest BCUT2D eigenvalue weighted by molar-refractivity contribution is 5.67. The molecule has 20 heavy (non-hydrogen) atoms. The van der Waals surface area contributed by atoms with Crippen LogP contribution in [0, 0.1) is 11.8 Å². The van der Waals surface area contributed by atoms with Crippen LogP contribution in [0.1, 0.15) is 52.4 Å². The van der Waals surface area contributed by atoms with Crippen LogP contribution in [-0.2, 0) is 4.74 Å². The number of hydrogen-bond donors (Lipinski definition) is 1. The van der Waals surface area contributed by atoms with Crippen LogP contribution in [0.2, 0.25) is 0 Å². The highest BCUT2D eigenvalue weighted by atomic mass is 16.6. The molecule has 0 aromatic rings. The van der Waals surface area contributed by atoms with E-state index in [4.69, 9.17) is 4.74 Å². The summed E-state index contributed by atoms with van der Waals surface area (Å²) in [5.74, 6) is 1.52. The average Bonchev–Trinajstić information content (AvgIpc) is 3.27. The third-order valence-electron chi connectivity index (χ3n) is 4.42. The first-order valence-corrected chi connectivity index (χ1v) is 8.38. The Kier molecular flexibility index (Phi) is 6.14. The first-order chi connectivity index (χ1) is 9.72. The van der Waals surface area contributed by atoms with Crippen LogP contribution in [0.15, 0.2) is 0 Å². The molecule has 0 bridgehead atoms. The predicted molar refractivity (Wildman–Crippen MR) is 80.7 cm³/mol. The number of nitrogens with zero attached hydrogens (tertiary/aromatic N) is 1. The van der Waals surface area contributed by atoms with Crippen molar-refractivity contribution < 1.29 is 9.53 Å². The second kappa shape index (κ2) is 7.87. The summed E-state index contributed by atoms with van der Waals surface area (Å²) in [5, 5.41) is 3.67. The SMILES string of the molecule is CCCCC1CC(NCC2CC2)CN(C(=O)OCC)C1. The van der Waals surface area contributed by atoms with E-state index in [0.29, 0.717) is 18.6 Å². The number of nitrogens with one attached hydrogen (secondary N) is 1. The molecule has 1 aliphatic heterocycles. The molecule has 1 heterocycles. The van der Waals surface area contributed by atoms with Crippen LogP contribution < -0.4 is 5.32 Å². The second-order valence-electron chi connectivity index (χ2n) is 6.40. The highest BCUT2D eigenvalue weighted by Crippen LogP contribution is 2.29. The smallest absolute Gasteiger partial charge is 0.409 e. The van der Waals surface area contributed by atoms with Crippen LogP contribution in [0.25, 0.3) is 0 Å². The monoisotopic (exact) mass is 282 g/mol. The molecular weight excluding hydrogens is 252 g/mol. The lowest BCUT2D eigenvalue weighted by Gasteiger charge is -2.37. The summed E-state index contributed by atoms with van der Waals surface area (Å²) in [5.41, 5.74) is 0. The third-order valence-corrected chi connectivity index (χ3v) is 4.42. The summed E-state index contributed by atoms with van der Waals surface area (Å²) in [6.45, 7) is 7.39. The molecule has 2 rings (SSSR count). The molecule has 0 spiro atoms. The molecule has 2 atom stereocenters. The van der Waals surface area contributed by atoms with Crippen LogP contribution >= 0.6 is 0 Å². The summed E-state index contributed by atoms with van der Waals surface area (Å²) in [4.78, 5) is 13.9. The Bertz CT molecular complexity index is 305. The molecule has 4 heteroatoms. The Hall–Kier alpha value is -0.770. The topological polar surface area (TPSA) is 41.6 Å². The zero-order valence-electron chi connectivity index (χ0n) is 13.1. The van der Waals surface area contributed by atoms with E-state index in [0.717, 1.165) is 25.6 Å². The molecule has 1 saturated carbocycles. The van der Waals surface area contributed by atoms with Crippen molar-refractivity contribution in [1.82, 2.24) is 10.2 Å². The molecule has 0 radical (unpaired) electrons. The lowest BCUT2D eigenvalue weighted by atomic mass is 9.90. The fraction of sp³-hybridized carbons (Fsp3) is 0.938. The average molecular weight is 282 g/mol. The van der Waals surface area contributed by atoms with Crippen LogP contribution in [0.4, 0.5) is 4.79 Å². The normalized spacial score (nSPS) is 26.6. The summed E-state index contributed by atoms with van der Waals surface area (Å²) in [6.07, 6.45) is 7.55. The molecule has 0 aromatic heterocycles. The zero-order valence-corrected chi connectivity index (χ0v) is 13.1. The number of piperidine rings is 1.